The highest BCUT2D eigenvalue weighted by Crippen LogP contribution is 2.18. The summed E-state index contributed by atoms with van der Waals surface area (Å²) in [4.78, 5) is 12.3. The lowest BCUT2D eigenvalue weighted by Gasteiger charge is -2.17. The van der Waals surface area contributed by atoms with Crippen molar-refractivity contribution in [1.29, 1.82) is 0 Å². The molecular formula is C21H27NO3. The summed E-state index contributed by atoms with van der Waals surface area (Å²) in [5.74, 6) is 1.55. The first-order valence-electron chi connectivity index (χ1n) is 8.77. The highest BCUT2D eigenvalue weighted by molar-refractivity contribution is 5.81. The van der Waals surface area contributed by atoms with Crippen molar-refractivity contribution < 1.29 is 14.3 Å². The fourth-order valence-corrected chi connectivity index (χ4v) is 2.62. The summed E-state index contributed by atoms with van der Waals surface area (Å²) < 4.78 is 11.1. The number of hydrogen-bond acceptors (Lipinski definition) is 3. The Labute approximate surface area is 150 Å². The number of amides is 1. The third kappa shape index (κ3) is 5.82. The van der Waals surface area contributed by atoms with E-state index in [-0.39, 0.29) is 5.91 Å². The van der Waals surface area contributed by atoms with Crippen LogP contribution in [0.3, 0.4) is 0 Å². The van der Waals surface area contributed by atoms with Crippen molar-refractivity contribution in [1.82, 2.24) is 5.32 Å². The van der Waals surface area contributed by atoms with E-state index in [1.165, 1.54) is 5.56 Å². The number of benzene rings is 2. The number of aryl methyl sites for hydroxylation is 2. The topological polar surface area (TPSA) is 47.6 Å². The zero-order valence-corrected chi connectivity index (χ0v) is 15.2. The number of nitrogens with one attached hydrogen (secondary N) is 1. The van der Waals surface area contributed by atoms with Crippen LogP contribution < -0.4 is 14.8 Å². The molecule has 0 fully saturated rings. The number of methoxy groups -OCH3 is 1. The lowest BCUT2D eigenvalue weighted by Crippen LogP contribution is -2.38. The minimum absolute atomic E-state index is 0.0666. The second kappa shape index (κ2) is 9.72. The Morgan fingerprint density at radius 2 is 1.84 bits per heavy atom. The molecule has 0 aromatic heterocycles. The summed E-state index contributed by atoms with van der Waals surface area (Å²) in [5.41, 5.74) is 2.32. The maximum atomic E-state index is 12.3. The van der Waals surface area contributed by atoms with Crippen molar-refractivity contribution in [2.24, 2.45) is 0 Å². The van der Waals surface area contributed by atoms with Crippen LogP contribution in [0.2, 0.25) is 0 Å². The number of hydrogen-bond donors (Lipinski definition) is 1. The van der Waals surface area contributed by atoms with Gasteiger partial charge >= 0.3 is 0 Å². The average Bonchev–Trinajstić information content (AvgIpc) is 2.64. The van der Waals surface area contributed by atoms with E-state index >= 15 is 0 Å². The molecule has 2 aromatic carbocycles. The van der Waals surface area contributed by atoms with Crippen molar-refractivity contribution in [3.63, 3.8) is 0 Å². The molecule has 4 nitrogen and oxygen atoms in total. The summed E-state index contributed by atoms with van der Waals surface area (Å²) in [6.45, 7) is 4.59. The molecule has 0 saturated carbocycles. The van der Waals surface area contributed by atoms with E-state index in [1.54, 1.807) is 7.11 Å². The van der Waals surface area contributed by atoms with Crippen LogP contribution in [0.5, 0.6) is 11.5 Å². The maximum absolute atomic E-state index is 12.3. The highest BCUT2D eigenvalue weighted by atomic mass is 16.5. The summed E-state index contributed by atoms with van der Waals surface area (Å²) in [6.07, 6.45) is 1.88. The molecule has 0 unspecified atom stereocenters. The Morgan fingerprint density at radius 3 is 2.52 bits per heavy atom. The molecule has 2 rings (SSSR count). The van der Waals surface area contributed by atoms with Crippen LogP contribution in [-0.2, 0) is 11.2 Å². The Bertz CT molecular complexity index is 667. The van der Waals surface area contributed by atoms with Gasteiger partial charge in [-0.3, -0.25) is 4.79 Å². The van der Waals surface area contributed by atoms with E-state index < -0.39 is 6.10 Å². The Kier molecular flexibility index (Phi) is 7.33. The summed E-state index contributed by atoms with van der Waals surface area (Å²) in [5, 5.41) is 2.97. The first kappa shape index (κ1) is 18.8. The van der Waals surface area contributed by atoms with Gasteiger partial charge in [0.2, 0.25) is 0 Å². The van der Waals surface area contributed by atoms with Gasteiger partial charge in [-0.1, -0.05) is 42.8 Å². The van der Waals surface area contributed by atoms with Crippen LogP contribution in [-0.4, -0.2) is 25.7 Å². The van der Waals surface area contributed by atoms with Gasteiger partial charge in [0.1, 0.15) is 11.5 Å². The van der Waals surface area contributed by atoms with Gasteiger partial charge in [0.25, 0.3) is 5.91 Å². The third-order valence-electron chi connectivity index (χ3n) is 4.08. The molecule has 0 aliphatic heterocycles. The molecule has 1 atom stereocenters. The fourth-order valence-electron chi connectivity index (χ4n) is 2.62. The monoisotopic (exact) mass is 341 g/mol. The van der Waals surface area contributed by atoms with Gasteiger partial charge in [-0.05, 0) is 49.9 Å². The first-order chi connectivity index (χ1) is 12.1. The molecule has 134 valence electrons. The van der Waals surface area contributed by atoms with Gasteiger partial charge in [-0.15, -0.1) is 0 Å². The van der Waals surface area contributed by atoms with E-state index in [1.807, 2.05) is 56.3 Å². The van der Waals surface area contributed by atoms with Crippen molar-refractivity contribution in [3.05, 3.63) is 59.7 Å². The first-order valence-corrected chi connectivity index (χ1v) is 8.77. The molecular weight excluding hydrogens is 314 g/mol. The van der Waals surface area contributed by atoms with Gasteiger partial charge in [0.05, 0.1) is 7.11 Å². The SMILES string of the molecule is CC[C@H](Oc1ccc(C)cc1)C(=O)NCCCc1ccccc1OC. The minimum atomic E-state index is -0.464. The molecule has 0 bridgehead atoms. The predicted octanol–water partition coefficient (Wildman–Crippen LogP) is 3.91. The van der Waals surface area contributed by atoms with Crippen molar-refractivity contribution >= 4 is 5.91 Å². The van der Waals surface area contributed by atoms with Gasteiger partial charge in [0, 0.05) is 6.54 Å². The molecule has 25 heavy (non-hydrogen) atoms. The average molecular weight is 341 g/mol. The Balaban J connectivity index is 1.78. The number of para-hydroxylation sites is 1. The molecule has 0 saturated heterocycles. The van der Waals surface area contributed by atoms with Crippen LogP contribution in [0.4, 0.5) is 0 Å². The maximum Gasteiger partial charge on any atom is 0.261 e. The standard InChI is InChI=1S/C21H27NO3/c1-4-19(25-18-13-11-16(2)12-14-18)21(23)22-15-7-9-17-8-5-6-10-20(17)24-3/h5-6,8,10-14,19H,4,7,9,15H2,1-3H3,(H,22,23)/t19-/m0/s1. The lowest BCUT2D eigenvalue weighted by atomic mass is 10.1. The van der Waals surface area contributed by atoms with Crippen LogP contribution in [0.25, 0.3) is 0 Å². The third-order valence-corrected chi connectivity index (χ3v) is 4.08. The second-order valence-corrected chi connectivity index (χ2v) is 6.03. The highest BCUT2D eigenvalue weighted by Gasteiger charge is 2.17. The van der Waals surface area contributed by atoms with Gasteiger partial charge in [-0.2, -0.15) is 0 Å². The molecule has 0 heterocycles. The summed E-state index contributed by atoms with van der Waals surface area (Å²) in [6, 6.07) is 15.7. The largest absolute Gasteiger partial charge is 0.496 e. The predicted molar refractivity (Wildman–Crippen MR) is 100 cm³/mol. The Hall–Kier alpha value is -2.49. The molecule has 1 N–H and O–H groups in total. The minimum Gasteiger partial charge on any atom is -0.496 e. The molecule has 4 heteroatoms. The summed E-state index contributed by atoms with van der Waals surface area (Å²) in [7, 11) is 1.68. The van der Waals surface area contributed by atoms with E-state index in [9.17, 15) is 4.79 Å². The van der Waals surface area contributed by atoms with E-state index in [0.717, 1.165) is 29.9 Å². The van der Waals surface area contributed by atoms with Crippen molar-refractivity contribution in [3.8, 4) is 11.5 Å². The van der Waals surface area contributed by atoms with Crippen LogP contribution >= 0.6 is 0 Å². The number of rotatable bonds is 9. The smallest absolute Gasteiger partial charge is 0.261 e. The van der Waals surface area contributed by atoms with Crippen molar-refractivity contribution in [2.45, 2.75) is 39.2 Å². The zero-order chi connectivity index (χ0) is 18.1. The van der Waals surface area contributed by atoms with Gasteiger partial charge in [0.15, 0.2) is 6.10 Å². The number of ether oxygens (including phenoxy) is 2. The molecule has 0 aliphatic carbocycles. The normalized spacial score (nSPS) is 11.6. The number of carbonyl (C=O) groups excluding carboxylic acids is 1. The van der Waals surface area contributed by atoms with Crippen LogP contribution in [0, 0.1) is 6.92 Å². The van der Waals surface area contributed by atoms with Gasteiger partial charge in [-0.25, -0.2) is 0 Å². The van der Waals surface area contributed by atoms with Crippen molar-refractivity contribution in [2.75, 3.05) is 13.7 Å². The molecule has 1 amide bonds. The second-order valence-electron chi connectivity index (χ2n) is 6.03. The van der Waals surface area contributed by atoms with E-state index in [2.05, 4.69) is 11.4 Å². The van der Waals surface area contributed by atoms with Crippen LogP contribution in [0.15, 0.2) is 48.5 Å². The van der Waals surface area contributed by atoms with Gasteiger partial charge < -0.3 is 14.8 Å². The van der Waals surface area contributed by atoms with E-state index in [4.69, 9.17) is 9.47 Å². The Morgan fingerprint density at radius 1 is 1.12 bits per heavy atom. The number of carbonyl (C=O) groups is 1. The molecule has 0 aliphatic rings. The molecule has 2 aromatic rings. The van der Waals surface area contributed by atoms with E-state index in [0.29, 0.717) is 13.0 Å². The molecule has 0 radical (unpaired) electrons. The zero-order valence-electron chi connectivity index (χ0n) is 15.2. The lowest BCUT2D eigenvalue weighted by molar-refractivity contribution is -0.128. The fraction of sp³-hybridized carbons (Fsp3) is 0.381. The summed E-state index contributed by atoms with van der Waals surface area (Å²) >= 11 is 0. The molecule has 0 spiro atoms. The quantitative estimate of drug-likeness (QED) is 0.704. The van der Waals surface area contributed by atoms with Crippen LogP contribution in [0.1, 0.15) is 30.9 Å².